The van der Waals surface area contributed by atoms with E-state index >= 15 is 0 Å². The molecule has 1 saturated heterocycles. The Bertz CT molecular complexity index is 1390. The molecule has 1 saturated carbocycles. The highest BCUT2D eigenvalue weighted by molar-refractivity contribution is 5.98. The summed E-state index contributed by atoms with van der Waals surface area (Å²) in [6.45, 7) is 5.14. The van der Waals surface area contributed by atoms with E-state index in [4.69, 9.17) is 21.3 Å². The van der Waals surface area contributed by atoms with Gasteiger partial charge in [-0.25, -0.2) is 14.6 Å². The molecule has 2 aromatic carbocycles. The molecule has 0 atom stereocenters. The van der Waals surface area contributed by atoms with Gasteiger partial charge in [-0.05, 0) is 74.7 Å². The van der Waals surface area contributed by atoms with Gasteiger partial charge in [-0.15, -0.1) is 0 Å². The molecule has 6 rings (SSSR count). The lowest BCUT2D eigenvalue weighted by atomic mass is 9.90. The van der Waals surface area contributed by atoms with E-state index in [-0.39, 0.29) is 0 Å². The Hall–Kier alpha value is -3.53. The summed E-state index contributed by atoms with van der Waals surface area (Å²) in [7, 11) is 2.21. The number of hydrogen-bond acceptors (Lipinski definition) is 8. The van der Waals surface area contributed by atoms with Gasteiger partial charge in [0.1, 0.15) is 29.3 Å². The summed E-state index contributed by atoms with van der Waals surface area (Å²) in [6, 6.07) is 16.7. The van der Waals surface area contributed by atoms with Gasteiger partial charge < -0.3 is 21.1 Å². The van der Waals surface area contributed by atoms with E-state index in [2.05, 4.69) is 31.5 Å². The van der Waals surface area contributed by atoms with Crippen LogP contribution in [-0.4, -0.2) is 68.8 Å². The quantitative estimate of drug-likeness (QED) is 0.398. The molecule has 2 aliphatic rings. The Morgan fingerprint density at radius 1 is 0.895 bits per heavy atom. The first kappa shape index (κ1) is 24.8. The Kier molecular flexibility index (Phi) is 6.97. The van der Waals surface area contributed by atoms with E-state index in [9.17, 15) is 0 Å². The highest BCUT2D eigenvalue weighted by Crippen LogP contribution is 2.37. The summed E-state index contributed by atoms with van der Waals surface area (Å²) in [5.74, 6) is 1.97. The van der Waals surface area contributed by atoms with Gasteiger partial charge in [0.15, 0.2) is 5.65 Å². The molecular weight excluding hydrogens is 476 g/mol. The lowest BCUT2D eigenvalue weighted by Gasteiger charge is -2.41. The SMILES string of the molecule is CN1CCN([C@H]2CC[C@@H](n3nc(-c4ccc(Oc5cccc(CN)c5)cc4)c4c(N)ncnc43)CC2)CC1. The zero-order valence-electron chi connectivity index (χ0n) is 22.0. The summed E-state index contributed by atoms with van der Waals surface area (Å²) in [5.41, 5.74) is 15.8. The molecule has 9 heteroatoms. The van der Waals surface area contributed by atoms with E-state index in [1.165, 1.54) is 25.9 Å². The van der Waals surface area contributed by atoms with Crippen molar-refractivity contribution in [2.75, 3.05) is 39.0 Å². The van der Waals surface area contributed by atoms with Crippen molar-refractivity contribution in [3.05, 3.63) is 60.4 Å². The van der Waals surface area contributed by atoms with Gasteiger partial charge in [0.2, 0.25) is 0 Å². The number of likely N-dealkylation sites (N-methyl/N-ethyl adjacent to an activating group) is 1. The maximum atomic E-state index is 6.38. The van der Waals surface area contributed by atoms with Crippen molar-refractivity contribution >= 4 is 16.9 Å². The number of nitrogen functional groups attached to an aromatic ring is 1. The molecule has 0 spiro atoms. The largest absolute Gasteiger partial charge is 0.457 e. The normalized spacial score (nSPS) is 21.1. The number of ether oxygens (including phenoxy) is 1. The van der Waals surface area contributed by atoms with Crippen LogP contribution >= 0.6 is 0 Å². The molecule has 9 nitrogen and oxygen atoms in total. The van der Waals surface area contributed by atoms with Crippen molar-refractivity contribution in [3.63, 3.8) is 0 Å². The number of benzene rings is 2. The highest BCUT2D eigenvalue weighted by Gasteiger charge is 2.30. The van der Waals surface area contributed by atoms with Crippen molar-refractivity contribution in [1.29, 1.82) is 0 Å². The lowest BCUT2D eigenvalue weighted by molar-refractivity contribution is 0.0815. The Morgan fingerprint density at radius 3 is 2.37 bits per heavy atom. The molecule has 198 valence electrons. The van der Waals surface area contributed by atoms with Gasteiger partial charge in [-0.1, -0.05) is 12.1 Å². The number of nitrogens with two attached hydrogens (primary N) is 2. The number of rotatable bonds is 6. The van der Waals surface area contributed by atoms with Crippen molar-refractivity contribution in [1.82, 2.24) is 29.5 Å². The van der Waals surface area contributed by atoms with Gasteiger partial charge in [-0.3, -0.25) is 4.90 Å². The average molecular weight is 513 g/mol. The summed E-state index contributed by atoms with van der Waals surface area (Å²) in [4.78, 5) is 14.0. The first-order chi connectivity index (χ1) is 18.6. The first-order valence-corrected chi connectivity index (χ1v) is 13.6. The topological polar surface area (TPSA) is 111 Å². The monoisotopic (exact) mass is 512 g/mol. The fourth-order valence-electron chi connectivity index (χ4n) is 5.86. The predicted molar refractivity (Wildman–Crippen MR) is 150 cm³/mol. The molecule has 2 aromatic heterocycles. The number of aromatic nitrogens is 4. The fourth-order valence-corrected chi connectivity index (χ4v) is 5.86. The maximum Gasteiger partial charge on any atom is 0.164 e. The summed E-state index contributed by atoms with van der Waals surface area (Å²) >= 11 is 0. The van der Waals surface area contributed by atoms with E-state index < -0.39 is 0 Å². The summed E-state index contributed by atoms with van der Waals surface area (Å²) in [6.07, 6.45) is 6.09. The van der Waals surface area contributed by atoms with Crippen LogP contribution in [0.2, 0.25) is 0 Å². The third-order valence-electron chi connectivity index (χ3n) is 8.08. The van der Waals surface area contributed by atoms with Gasteiger partial charge in [0.05, 0.1) is 11.4 Å². The second-order valence-electron chi connectivity index (χ2n) is 10.5. The zero-order valence-corrected chi connectivity index (χ0v) is 22.0. The van der Waals surface area contributed by atoms with Crippen LogP contribution in [0.25, 0.3) is 22.3 Å². The van der Waals surface area contributed by atoms with Crippen LogP contribution in [0.5, 0.6) is 11.5 Å². The molecule has 0 radical (unpaired) electrons. The minimum Gasteiger partial charge on any atom is -0.457 e. The molecule has 0 unspecified atom stereocenters. The Labute approximate surface area is 223 Å². The maximum absolute atomic E-state index is 6.38. The van der Waals surface area contributed by atoms with Gasteiger partial charge in [-0.2, -0.15) is 5.10 Å². The number of piperazine rings is 1. The molecule has 1 aliphatic carbocycles. The molecule has 0 bridgehead atoms. The predicted octanol–water partition coefficient (Wildman–Crippen LogP) is 4.06. The van der Waals surface area contributed by atoms with E-state index in [0.717, 1.165) is 65.3 Å². The number of anilines is 1. The van der Waals surface area contributed by atoms with E-state index in [1.54, 1.807) is 6.33 Å². The number of fused-ring (bicyclic) bond motifs is 1. The average Bonchev–Trinajstić information content (AvgIpc) is 3.35. The van der Waals surface area contributed by atoms with Gasteiger partial charge in [0, 0.05) is 44.3 Å². The van der Waals surface area contributed by atoms with Crippen LogP contribution in [-0.2, 0) is 6.54 Å². The third-order valence-corrected chi connectivity index (χ3v) is 8.08. The van der Waals surface area contributed by atoms with Crippen molar-refractivity contribution in [2.45, 2.75) is 44.3 Å². The second kappa shape index (κ2) is 10.7. The first-order valence-electron chi connectivity index (χ1n) is 13.6. The second-order valence-corrected chi connectivity index (χ2v) is 10.5. The van der Waals surface area contributed by atoms with Crippen LogP contribution in [0.3, 0.4) is 0 Å². The van der Waals surface area contributed by atoms with E-state index in [1.807, 2.05) is 48.5 Å². The molecule has 4 aromatic rings. The number of nitrogens with zero attached hydrogens (tertiary/aromatic N) is 6. The molecule has 38 heavy (non-hydrogen) atoms. The molecule has 2 fully saturated rings. The zero-order chi connectivity index (χ0) is 26.1. The van der Waals surface area contributed by atoms with Gasteiger partial charge in [0.25, 0.3) is 0 Å². The fraction of sp³-hybridized carbons (Fsp3) is 0.414. The minimum absolute atomic E-state index is 0.307. The molecule has 1 aliphatic heterocycles. The number of hydrogen-bond donors (Lipinski definition) is 2. The molecule has 4 N–H and O–H groups in total. The van der Waals surface area contributed by atoms with Crippen LogP contribution in [0.1, 0.15) is 37.3 Å². The smallest absolute Gasteiger partial charge is 0.164 e. The van der Waals surface area contributed by atoms with Crippen LogP contribution in [0.4, 0.5) is 5.82 Å². The van der Waals surface area contributed by atoms with Crippen LogP contribution < -0.4 is 16.2 Å². The highest BCUT2D eigenvalue weighted by atomic mass is 16.5. The Balaban J connectivity index is 1.23. The minimum atomic E-state index is 0.307. The Morgan fingerprint density at radius 2 is 1.63 bits per heavy atom. The molecule has 0 amide bonds. The van der Waals surface area contributed by atoms with Gasteiger partial charge >= 0.3 is 0 Å². The van der Waals surface area contributed by atoms with Crippen molar-refractivity contribution in [3.8, 4) is 22.8 Å². The standard InChI is InChI=1S/C29H36N8O/c1-35-13-15-36(16-14-35)22-7-9-23(10-8-22)37-29-26(28(31)32-19-33-29)27(34-37)21-5-11-24(12-6-21)38-25-4-2-3-20(17-25)18-30/h2-6,11-12,17,19,22-23H,7-10,13-16,18,30H2,1H3,(H2,31,32,33)/t22-,23+. The van der Waals surface area contributed by atoms with Crippen molar-refractivity contribution < 1.29 is 4.74 Å². The lowest BCUT2D eigenvalue weighted by Crippen LogP contribution is -2.49. The summed E-state index contributed by atoms with van der Waals surface area (Å²) < 4.78 is 8.15. The van der Waals surface area contributed by atoms with Crippen LogP contribution in [0, 0.1) is 0 Å². The van der Waals surface area contributed by atoms with Crippen molar-refractivity contribution in [2.24, 2.45) is 5.73 Å². The summed E-state index contributed by atoms with van der Waals surface area (Å²) in [5, 5.41) is 5.90. The van der Waals surface area contributed by atoms with Crippen LogP contribution in [0.15, 0.2) is 54.9 Å². The van der Waals surface area contributed by atoms with E-state index in [0.29, 0.717) is 24.4 Å². The third kappa shape index (κ3) is 4.97. The molecule has 3 heterocycles. The molecular formula is C29H36N8O.